The first-order valence-electron chi connectivity index (χ1n) is 4.88. The Morgan fingerprint density at radius 3 is 2.15 bits per heavy atom. The number of rotatable bonds is 5. The molecule has 0 saturated carbocycles. The highest BCUT2D eigenvalue weighted by molar-refractivity contribution is 6.72. The summed E-state index contributed by atoms with van der Waals surface area (Å²) in [4.78, 5) is 20.7. The van der Waals surface area contributed by atoms with Gasteiger partial charge in [0.2, 0.25) is 0 Å². The van der Waals surface area contributed by atoms with Gasteiger partial charge in [0, 0.05) is 6.42 Å². The smallest absolute Gasteiger partial charge is 0.188 e. The molecule has 78 valence electrons. The lowest BCUT2D eigenvalue weighted by Crippen LogP contribution is -2.38. The first-order chi connectivity index (χ1) is 5.67. The summed E-state index contributed by atoms with van der Waals surface area (Å²) in [6.45, 7) is 9.73. The second-order valence-electron chi connectivity index (χ2n) is 5.00. The molecule has 0 fully saturated rings. The summed E-state index contributed by atoms with van der Waals surface area (Å²) in [6, 6.07) is 0. The Labute approximate surface area is 82.5 Å². The second kappa shape index (κ2) is 4.38. The molecule has 0 aliphatic carbocycles. The van der Waals surface area contributed by atoms with Crippen LogP contribution in [0.4, 0.5) is 0 Å². The van der Waals surface area contributed by atoms with Gasteiger partial charge in [0.15, 0.2) is 8.32 Å². The van der Waals surface area contributed by atoms with Crippen LogP contribution in [0.25, 0.3) is 0 Å². The molecule has 0 aromatic heterocycles. The van der Waals surface area contributed by atoms with Crippen LogP contribution in [0.15, 0.2) is 0 Å². The van der Waals surface area contributed by atoms with E-state index in [1.165, 1.54) is 0 Å². The van der Waals surface area contributed by atoms with Gasteiger partial charge < -0.3 is 9.59 Å². The summed E-state index contributed by atoms with van der Waals surface area (Å²) >= 11 is 0. The maximum Gasteiger partial charge on any atom is 0.188 e. The molecule has 0 atom stereocenters. The summed E-state index contributed by atoms with van der Waals surface area (Å²) < 4.78 is 0. The molecule has 0 aliphatic heterocycles. The Hall–Kier alpha value is -0.153. The minimum absolute atomic E-state index is 0.0163. The molecule has 0 amide bonds. The highest BCUT2D eigenvalue weighted by Gasteiger charge is 2.37. The van der Waals surface area contributed by atoms with Crippen molar-refractivity contribution in [1.29, 1.82) is 0 Å². The number of hydrogen-bond acceptors (Lipinski definition) is 2. The third-order valence-electron chi connectivity index (χ3n) is 2.99. The molecule has 1 N–H and O–H groups in total. The van der Waals surface area contributed by atoms with Crippen LogP contribution < -0.4 is 0 Å². The number of ketones is 1. The minimum atomic E-state index is -2.07. The van der Waals surface area contributed by atoms with Crippen LogP contribution >= 0.6 is 0 Å². The van der Waals surface area contributed by atoms with Crippen LogP contribution in [-0.4, -0.2) is 18.9 Å². The predicted molar refractivity (Wildman–Crippen MR) is 58.3 cm³/mol. The van der Waals surface area contributed by atoms with Crippen molar-refractivity contribution in [2.24, 2.45) is 0 Å². The summed E-state index contributed by atoms with van der Waals surface area (Å²) in [5.74, 6) is 0.244. The predicted octanol–water partition coefficient (Wildman–Crippen LogP) is 2.72. The van der Waals surface area contributed by atoms with E-state index in [0.717, 1.165) is 12.8 Å². The van der Waals surface area contributed by atoms with Gasteiger partial charge in [0.25, 0.3) is 0 Å². The largest absolute Gasteiger partial charge is 0.432 e. The Bertz CT molecular complexity index is 180. The van der Waals surface area contributed by atoms with Gasteiger partial charge in [-0.25, -0.2) is 0 Å². The maximum atomic E-state index is 10.7. The van der Waals surface area contributed by atoms with Crippen molar-refractivity contribution in [3.05, 3.63) is 0 Å². The highest BCUT2D eigenvalue weighted by atomic mass is 28.4. The molecule has 0 bridgehead atoms. The Balaban J connectivity index is 3.97. The molecule has 13 heavy (non-hydrogen) atoms. The Morgan fingerprint density at radius 1 is 1.38 bits per heavy atom. The van der Waals surface area contributed by atoms with E-state index in [1.54, 1.807) is 6.92 Å². The summed E-state index contributed by atoms with van der Waals surface area (Å²) in [5, 5.41) is 0.0163. The summed E-state index contributed by atoms with van der Waals surface area (Å²) in [5.41, 5.74) is 0. The van der Waals surface area contributed by atoms with Crippen LogP contribution in [0, 0.1) is 0 Å². The summed E-state index contributed by atoms with van der Waals surface area (Å²) in [6.07, 6.45) is 2.50. The minimum Gasteiger partial charge on any atom is -0.432 e. The molecular weight excluding hydrogens is 180 g/mol. The molecule has 0 aliphatic rings. The second-order valence-corrected chi connectivity index (χ2v) is 9.47. The molecule has 0 heterocycles. The SMILES string of the molecule is CC(=O)CCCC(C)(C)[Si](C)(C)O. The van der Waals surface area contributed by atoms with Crippen LogP contribution in [0.1, 0.15) is 40.0 Å². The van der Waals surface area contributed by atoms with Gasteiger partial charge in [-0.05, 0) is 37.9 Å². The average molecular weight is 202 g/mol. The van der Waals surface area contributed by atoms with E-state index in [4.69, 9.17) is 0 Å². The number of hydrogen-bond donors (Lipinski definition) is 1. The van der Waals surface area contributed by atoms with Crippen LogP contribution in [0.3, 0.4) is 0 Å². The van der Waals surface area contributed by atoms with Crippen molar-refractivity contribution < 1.29 is 9.59 Å². The van der Waals surface area contributed by atoms with Crippen LogP contribution in [0.5, 0.6) is 0 Å². The number of carbonyl (C=O) groups excluding carboxylic acids is 1. The maximum absolute atomic E-state index is 10.7. The monoisotopic (exact) mass is 202 g/mol. The van der Waals surface area contributed by atoms with Crippen molar-refractivity contribution in [2.45, 2.75) is 58.2 Å². The van der Waals surface area contributed by atoms with Crippen molar-refractivity contribution >= 4 is 14.1 Å². The van der Waals surface area contributed by atoms with Crippen molar-refractivity contribution in [1.82, 2.24) is 0 Å². The molecule has 0 aromatic rings. The van der Waals surface area contributed by atoms with Gasteiger partial charge in [-0.3, -0.25) is 0 Å². The van der Waals surface area contributed by atoms with E-state index in [9.17, 15) is 9.59 Å². The first kappa shape index (κ1) is 12.8. The van der Waals surface area contributed by atoms with Gasteiger partial charge in [-0.1, -0.05) is 13.8 Å². The fourth-order valence-electron chi connectivity index (χ4n) is 1.09. The standard InChI is InChI=1S/C10H22O2Si/c1-9(11)7-6-8-10(2,3)13(4,5)12/h12H,6-8H2,1-5H3. The molecule has 0 saturated heterocycles. The fourth-order valence-corrected chi connectivity index (χ4v) is 1.87. The van der Waals surface area contributed by atoms with E-state index in [2.05, 4.69) is 13.8 Å². The molecule has 0 unspecified atom stereocenters. The molecule has 3 heteroatoms. The van der Waals surface area contributed by atoms with Gasteiger partial charge >= 0.3 is 0 Å². The molecule has 0 spiro atoms. The topological polar surface area (TPSA) is 37.3 Å². The zero-order valence-electron chi connectivity index (χ0n) is 9.48. The van der Waals surface area contributed by atoms with E-state index >= 15 is 0 Å². The lowest BCUT2D eigenvalue weighted by Gasteiger charge is -2.35. The van der Waals surface area contributed by atoms with Gasteiger partial charge in [0.05, 0.1) is 0 Å². The van der Waals surface area contributed by atoms with Crippen molar-refractivity contribution in [2.75, 3.05) is 0 Å². The van der Waals surface area contributed by atoms with E-state index in [-0.39, 0.29) is 10.8 Å². The fraction of sp³-hybridized carbons (Fsp3) is 0.900. The molecule has 0 aromatic carbocycles. The van der Waals surface area contributed by atoms with Crippen molar-refractivity contribution in [3.63, 3.8) is 0 Å². The van der Waals surface area contributed by atoms with Gasteiger partial charge in [0.1, 0.15) is 5.78 Å². The van der Waals surface area contributed by atoms with Crippen molar-refractivity contribution in [3.8, 4) is 0 Å². The van der Waals surface area contributed by atoms with Crippen LogP contribution in [-0.2, 0) is 4.79 Å². The molecular formula is C10H22O2Si. The molecule has 0 rings (SSSR count). The average Bonchev–Trinajstić information content (AvgIpc) is 1.82. The lowest BCUT2D eigenvalue weighted by atomic mass is 10.0. The van der Waals surface area contributed by atoms with E-state index in [0.29, 0.717) is 6.42 Å². The Kier molecular flexibility index (Phi) is 4.32. The Morgan fingerprint density at radius 2 is 1.85 bits per heavy atom. The third kappa shape index (κ3) is 4.57. The lowest BCUT2D eigenvalue weighted by molar-refractivity contribution is -0.117. The normalized spacial score (nSPS) is 13.1. The van der Waals surface area contributed by atoms with Gasteiger partial charge in [-0.2, -0.15) is 0 Å². The summed E-state index contributed by atoms with van der Waals surface area (Å²) in [7, 11) is -2.07. The quantitative estimate of drug-likeness (QED) is 0.696. The zero-order valence-corrected chi connectivity index (χ0v) is 10.5. The zero-order chi connectivity index (χ0) is 10.7. The van der Waals surface area contributed by atoms with E-state index < -0.39 is 8.32 Å². The number of carbonyl (C=O) groups is 1. The first-order valence-corrected chi connectivity index (χ1v) is 7.83. The third-order valence-corrected chi connectivity index (χ3v) is 6.55. The van der Waals surface area contributed by atoms with E-state index in [1.807, 2.05) is 13.1 Å². The van der Waals surface area contributed by atoms with Gasteiger partial charge in [-0.15, -0.1) is 0 Å². The highest BCUT2D eigenvalue weighted by Crippen LogP contribution is 2.39. The number of Topliss-reactive ketones (excluding diaryl/α,β-unsaturated/α-hetero) is 1. The van der Waals surface area contributed by atoms with Crippen LogP contribution in [0.2, 0.25) is 18.1 Å². The molecule has 0 radical (unpaired) electrons. The molecule has 2 nitrogen and oxygen atoms in total.